The molecule has 0 amide bonds. The highest BCUT2D eigenvalue weighted by atomic mass is 32.2. The maximum atomic E-state index is 12.4. The average Bonchev–Trinajstić information content (AvgIpc) is 2.82. The lowest BCUT2D eigenvalue weighted by Gasteiger charge is -2.20. The average molecular weight is 301 g/mol. The molecule has 2 N–H and O–H groups in total. The number of rotatable bonds is 4. The van der Waals surface area contributed by atoms with Gasteiger partial charge in [0.15, 0.2) is 0 Å². The molecule has 1 aromatic rings. The van der Waals surface area contributed by atoms with Crippen molar-refractivity contribution in [2.45, 2.75) is 23.5 Å². The van der Waals surface area contributed by atoms with Gasteiger partial charge in [-0.05, 0) is 24.3 Å². The van der Waals surface area contributed by atoms with E-state index in [0.29, 0.717) is 5.75 Å². The van der Waals surface area contributed by atoms with E-state index in [2.05, 4.69) is 0 Å². The Bertz CT molecular complexity index is 597. The SMILES string of the molecule is COc1ccc(S(=O)(=O)N2CC(O)C[C@H]2C(=O)O)cc1. The van der Waals surface area contributed by atoms with Gasteiger partial charge in [-0.1, -0.05) is 0 Å². The molecule has 0 aromatic heterocycles. The predicted molar refractivity (Wildman–Crippen MR) is 68.9 cm³/mol. The molecule has 0 spiro atoms. The Hall–Kier alpha value is -1.64. The molecule has 0 bridgehead atoms. The summed E-state index contributed by atoms with van der Waals surface area (Å²) in [6, 6.07) is 4.41. The number of nitrogens with zero attached hydrogens (tertiary/aromatic N) is 1. The summed E-state index contributed by atoms with van der Waals surface area (Å²) in [4.78, 5) is 11.1. The number of benzene rings is 1. The van der Waals surface area contributed by atoms with E-state index >= 15 is 0 Å². The molecule has 0 aliphatic carbocycles. The number of carbonyl (C=O) groups is 1. The first-order valence-corrected chi connectivity index (χ1v) is 7.37. The van der Waals surface area contributed by atoms with E-state index in [1.54, 1.807) is 0 Å². The van der Waals surface area contributed by atoms with Crippen LogP contribution in [-0.2, 0) is 14.8 Å². The number of aliphatic carboxylic acids is 1. The monoisotopic (exact) mass is 301 g/mol. The zero-order valence-corrected chi connectivity index (χ0v) is 11.6. The van der Waals surface area contributed by atoms with Gasteiger partial charge in [0.2, 0.25) is 10.0 Å². The lowest BCUT2D eigenvalue weighted by atomic mass is 10.2. The van der Waals surface area contributed by atoms with Gasteiger partial charge in [-0.3, -0.25) is 4.79 Å². The van der Waals surface area contributed by atoms with Crippen LogP contribution in [0.1, 0.15) is 6.42 Å². The van der Waals surface area contributed by atoms with Crippen molar-refractivity contribution in [3.63, 3.8) is 0 Å². The molecule has 1 saturated heterocycles. The summed E-state index contributed by atoms with van der Waals surface area (Å²) in [6.07, 6.45) is -1.07. The molecule has 1 heterocycles. The van der Waals surface area contributed by atoms with Crippen molar-refractivity contribution in [2.24, 2.45) is 0 Å². The highest BCUT2D eigenvalue weighted by Crippen LogP contribution is 2.27. The minimum absolute atomic E-state index is 0.0290. The Labute approximate surface area is 116 Å². The van der Waals surface area contributed by atoms with Gasteiger partial charge in [0, 0.05) is 13.0 Å². The molecular formula is C12H15NO6S. The number of aliphatic hydroxyl groups is 1. The number of ether oxygens (including phenoxy) is 1. The summed E-state index contributed by atoms with van der Waals surface area (Å²) in [5.74, 6) is -0.765. The summed E-state index contributed by atoms with van der Waals surface area (Å²) in [7, 11) is -2.49. The van der Waals surface area contributed by atoms with Crippen molar-refractivity contribution in [1.29, 1.82) is 0 Å². The number of hydrogen-bond acceptors (Lipinski definition) is 5. The Kier molecular flexibility index (Phi) is 3.98. The third-order valence-corrected chi connectivity index (χ3v) is 5.07. The summed E-state index contributed by atoms with van der Waals surface area (Å²) >= 11 is 0. The van der Waals surface area contributed by atoms with Gasteiger partial charge in [0.1, 0.15) is 11.8 Å². The number of sulfonamides is 1. The van der Waals surface area contributed by atoms with Crippen LogP contribution in [0.15, 0.2) is 29.2 Å². The van der Waals surface area contributed by atoms with Crippen molar-refractivity contribution >= 4 is 16.0 Å². The zero-order valence-electron chi connectivity index (χ0n) is 10.8. The fourth-order valence-electron chi connectivity index (χ4n) is 2.16. The van der Waals surface area contributed by atoms with Crippen molar-refractivity contribution in [2.75, 3.05) is 13.7 Å². The first kappa shape index (κ1) is 14.8. The molecular weight excluding hydrogens is 286 g/mol. The fourth-order valence-corrected chi connectivity index (χ4v) is 3.79. The molecule has 1 aliphatic heterocycles. The van der Waals surface area contributed by atoms with Crippen LogP contribution in [0.4, 0.5) is 0 Å². The van der Waals surface area contributed by atoms with E-state index in [1.165, 1.54) is 31.4 Å². The van der Waals surface area contributed by atoms with Crippen LogP contribution in [0, 0.1) is 0 Å². The maximum Gasteiger partial charge on any atom is 0.322 e. The van der Waals surface area contributed by atoms with Crippen molar-refractivity contribution in [1.82, 2.24) is 4.31 Å². The minimum atomic E-state index is -3.95. The Morgan fingerprint density at radius 2 is 1.95 bits per heavy atom. The van der Waals surface area contributed by atoms with Gasteiger partial charge < -0.3 is 14.9 Å². The highest BCUT2D eigenvalue weighted by Gasteiger charge is 2.43. The first-order valence-electron chi connectivity index (χ1n) is 5.93. The second-order valence-electron chi connectivity index (χ2n) is 4.49. The van der Waals surface area contributed by atoms with Crippen LogP contribution < -0.4 is 4.74 Å². The molecule has 1 fully saturated rings. The third-order valence-electron chi connectivity index (χ3n) is 3.18. The molecule has 2 rings (SSSR count). The first-order chi connectivity index (χ1) is 9.36. The van der Waals surface area contributed by atoms with E-state index < -0.39 is 28.1 Å². The second kappa shape index (κ2) is 5.39. The van der Waals surface area contributed by atoms with Crippen LogP contribution in [0.25, 0.3) is 0 Å². The van der Waals surface area contributed by atoms with E-state index in [4.69, 9.17) is 9.84 Å². The normalized spacial score (nSPS) is 23.7. The molecule has 20 heavy (non-hydrogen) atoms. The summed E-state index contributed by atoms with van der Waals surface area (Å²) < 4.78 is 30.6. The van der Waals surface area contributed by atoms with Gasteiger partial charge in [-0.2, -0.15) is 4.31 Å². The van der Waals surface area contributed by atoms with Crippen LogP contribution in [0.5, 0.6) is 5.75 Å². The van der Waals surface area contributed by atoms with Crippen LogP contribution >= 0.6 is 0 Å². The lowest BCUT2D eigenvalue weighted by Crippen LogP contribution is -2.40. The van der Waals surface area contributed by atoms with Gasteiger partial charge in [0.25, 0.3) is 0 Å². The van der Waals surface area contributed by atoms with Gasteiger partial charge in [0.05, 0.1) is 18.1 Å². The lowest BCUT2D eigenvalue weighted by molar-refractivity contribution is -0.140. The number of hydrogen-bond donors (Lipinski definition) is 2. The maximum absolute atomic E-state index is 12.4. The van der Waals surface area contributed by atoms with Crippen LogP contribution in [0.3, 0.4) is 0 Å². The second-order valence-corrected chi connectivity index (χ2v) is 6.38. The number of aliphatic hydroxyl groups excluding tert-OH is 1. The smallest absolute Gasteiger partial charge is 0.322 e. The molecule has 1 aromatic carbocycles. The van der Waals surface area contributed by atoms with Crippen LogP contribution in [0.2, 0.25) is 0 Å². The predicted octanol–water partition coefficient (Wildman–Crippen LogP) is -0.0963. The largest absolute Gasteiger partial charge is 0.497 e. The summed E-state index contributed by atoms with van der Waals surface area (Å²) in [5.41, 5.74) is 0. The number of β-amino-alcohol motifs (C(OH)–C–C–N with tert-alkyl or cyclic N) is 1. The Balaban J connectivity index is 2.35. The highest BCUT2D eigenvalue weighted by molar-refractivity contribution is 7.89. The molecule has 2 atom stereocenters. The third kappa shape index (κ3) is 2.62. The van der Waals surface area contributed by atoms with Crippen LogP contribution in [-0.4, -0.2) is 54.7 Å². The van der Waals surface area contributed by atoms with Gasteiger partial charge in [-0.15, -0.1) is 0 Å². The van der Waals surface area contributed by atoms with E-state index in [9.17, 15) is 18.3 Å². The molecule has 0 radical (unpaired) electrons. The van der Waals surface area contributed by atoms with E-state index in [-0.39, 0.29) is 17.9 Å². The van der Waals surface area contributed by atoms with Crippen molar-refractivity contribution in [3.05, 3.63) is 24.3 Å². The number of carboxylic acids is 1. The number of carboxylic acid groups (broad SMARTS) is 1. The van der Waals surface area contributed by atoms with Gasteiger partial charge in [-0.25, -0.2) is 8.42 Å². The molecule has 110 valence electrons. The van der Waals surface area contributed by atoms with E-state index in [1.807, 2.05) is 0 Å². The number of methoxy groups -OCH3 is 1. The van der Waals surface area contributed by atoms with Gasteiger partial charge >= 0.3 is 5.97 Å². The summed E-state index contributed by atoms with van der Waals surface area (Å²) in [5, 5.41) is 18.6. The standard InChI is InChI=1S/C12H15NO6S/c1-19-9-2-4-10(5-3-9)20(17,18)13-7-8(14)6-11(13)12(15)16/h2-5,8,11,14H,6-7H2,1H3,(H,15,16)/t8?,11-/m0/s1. The fraction of sp³-hybridized carbons (Fsp3) is 0.417. The van der Waals surface area contributed by atoms with Crippen molar-refractivity contribution < 1.29 is 28.2 Å². The minimum Gasteiger partial charge on any atom is -0.497 e. The quantitative estimate of drug-likeness (QED) is 0.805. The Morgan fingerprint density at radius 1 is 1.35 bits per heavy atom. The molecule has 1 aliphatic rings. The molecule has 1 unspecified atom stereocenters. The van der Waals surface area contributed by atoms with E-state index in [0.717, 1.165) is 4.31 Å². The molecule has 0 saturated carbocycles. The molecule has 7 nitrogen and oxygen atoms in total. The Morgan fingerprint density at radius 3 is 2.45 bits per heavy atom. The zero-order chi connectivity index (χ0) is 14.9. The topological polar surface area (TPSA) is 104 Å². The van der Waals surface area contributed by atoms with Crippen molar-refractivity contribution in [3.8, 4) is 5.75 Å². The summed E-state index contributed by atoms with van der Waals surface area (Å²) in [6.45, 7) is -0.217. The molecule has 8 heteroatoms.